The van der Waals surface area contributed by atoms with Crippen molar-refractivity contribution in [3.05, 3.63) is 94.6 Å². The maximum Gasteiger partial charge on any atom is 0.282 e. The van der Waals surface area contributed by atoms with Gasteiger partial charge in [0, 0.05) is 10.7 Å². The molecule has 1 aliphatic rings. The molecule has 150 valence electrons. The molecule has 0 radical (unpaired) electrons. The fraction of sp³-hybridized carbons (Fsp3) is 0.0833. The topological polar surface area (TPSA) is 58.6 Å². The lowest BCUT2D eigenvalue weighted by atomic mass is 10.0. The number of carbonyl (C=O) groups excluding carboxylic acids is 2. The number of benzene rings is 3. The van der Waals surface area contributed by atoms with Gasteiger partial charge < -0.3 is 10.1 Å². The van der Waals surface area contributed by atoms with Crippen LogP contribution in [0.2, 0.25) is 5.02 Å². The number of rotatable bonds is 5. The van der Waals surface area contributed by atoms with E-state index in [0.717, 1.165) is 16.2 Å². The van der Waals surface area contributed by atoms with E-state index in [1.54, 1.807) is 55.6 Å². The molecule has 0 aliphatic carbocycles. The zero-order chi connectivity index (χ0) is 21.3. The molecule has 3 aromatic carbocycles. The number of methoxy groups -OCH3 is 1. The first-order valence-electron chi connectivity index (χ1n) is 9.35. The summed E-state index contributed by atoms with van der Waals surface area (Å²) >= 11 is 5.97. The highest BCUT2D eigenvalue weighted by Gasteiger charge is 2.40. The average molecular weight is 419 g/mol. The molecule has 0 bridgehead atoms. The zero-order valence-electron chi connectivity index (χ0n) is 16.5. The van der Waals surface area contributed by atoms with Gasteiger partial charge in [-0.15, -0.1) is 0 Å². The lowest BCUT2D eigenvalue weighted by Crippen LogP contribution is -2.32. The Labute approximate surface area is 179 Å². The lowest BCUT2D eigenvalue weighted by Gasteiger charge is -2.15. The van der Waals surface area contributed by atoms with E-state index in [0.29, 0.717) is 27.6 Å². The molecule has 0 saturated carbocycles. The maximum atomic E-state index is 13.4. The van der Waals surface area contributed by atoms with Crippen molar-refractivity contribution in [3.63, 3.8) is 0 Å². The zero-order valence-corrected chi connectivity index (χ0v) is 17.2. The third-order valence-corrected chi connectivity index (χ3v) is 5.20. The number of anilines is 2. The second-order valence-corrected chi connectivity index (χ2v) is 7.28. The van der Waals surface area contributed by atoms with Crippen LogP contribution in [-0.2, 0) is 9.59 Å². The fourth-order valence-corrected chi connectivity index (χ4v) is 3.47. The molecule has 0 atom stereocenters. The number of nitrogens with zero attached hydrogens (tertiary/aromatic N) is 1. The van der Waals surface area contributed by atoms with Crippen molar-refractivity contribution in [3.8, 4) is 5.75 Å². The summed E-state index contributed by atoms with van der Waals surface area (Å²) in [5.74, 6) is -0.154. The summed E-state index contributed by atoms with van der Waals surface area (Å²) in [4.78, 5) is 27.9. The van der Waals surface area contributed by atoms with E-state index in [1.807, 2.05) is 31.2 Å². The average Bonchev–Trinajstić information content (AvgIpc) is 3.00. The van der Waals surface area contributed by atoms with E-state index in [2.05, 4.69) is 5.32 Å². The van der Waals surface area contributed by atoms with Gasteiger partial charge in [-0.2, -0.15) is 0 Å². The second-order valence-electron chi connectivity index (χ2n) is 6.84. The van der Waals surface area contributed by atoms with Crippen molar-refractivity contribution in [1.82, 2.24) is 0 Å². The van der Waals surface area contributed by atoms with Crippen molar-refractivity contribution < 1.29 is 14.3 Å². The van der Waals surface area contributed by atoms with E-state index in [4.69, 9.17) is 16.3 Å². The highest BCUT2D eigenvalue weighted by atomic mass is 35.5. The molecular weight excluding hydrogens is 400 g/mol. The summed E-state index contributed by atoms with van der Waals surface area (Å²) in [5.41, 5.74) is 3.35. The number of halogens is 1. The molecule has 4 rings (SSSR count). The van der Waals surface area contributed by atoms with Gasteiger partial charge in [-0.05, 0) is 60.5 Å². The monoisotopic (exact) mass is 418 g/mol. The Kier molecular flexibility index (Phi) is 5.29. The minimum atomic E-state index is -0.420. The number of hydrogen-bond donors (Lipinski definition) is 1. The fourth-order valence-electron chi connectivity index (χ4n) is 3.34. The quantitative estimate of drug-likeness (QED) is 0.589. The Bertz CT molecular complexity index is 1150. The Morgan fingerprint density at radius 3 is 2.17 bits per heavy atom. The Morgan fingerprint density at radius 1 is 0.867 bits per heavy atom. The summed E-state index contributed by atoms with van der Waals surface area (Å²) in [5, 5.41) is 3.72. The van der Waals surface area contributed by atoms with Crippen LogP contribution in [0.15, 0.2) is 78.5 Å². The Hall–Kier alpha value is -3.57. The van der Waals surface area contributed by atoms with Crippen LogP contribution in [0.25, 0.3) is 5.57 Å². The number of ether oxygens (including phenoxy) is 1. The van der Waals surface area contributed by atoms with Gasteiger partial charge in [-0.25, -0.2) is 4.90 Å². The van der Waals surface area contributed by atoms with Crippen molar-refractivity contribution >= 4 is 40.4 Å². The molecular formula is C24H19ClN2O3. The van der Waals surface area contributed by atoms with Gasteiger partial charge in [0.1, 0.15) is 11.4 Å². The Balaban J connectivity index is 1.82. The van der Waals surface area contributed by atoms with Crippen LogP contribution in [0.3, 0.4) is 0 Å². The first kappa shape index (κ1) is 19.7. The number of carbonyl (C=O) groups is 2. The van der Waals surface area contributed by atoms with Crippen molar-refractivity contribution in [2.24, 2.45) is 0 Å². The molecule has 2 amide bonds. The SMILES string of the molecule is COc1ccc(C2=C(Nc3ccccc3C)C(=O)N(c3ccc(Cl)cc3)C2=O)cc1. The third-order valence-electron chi connectivity index (χ3n) is 4.95. The standard InChI is InChI=1S/C24H19ClN2O3/c1-15-5-3-4-6-20(15)26-22-21(16-7-13-19(30-2)14-8-16)23(28)27(24(22)29)18-11-9-17(25)10-12-18/h3-14,26H,1-2H3. The number of imide groups is 1. The van der Waals surface area contributed by atoms with E-state index in [9.17, 15) is 9.59 Å². The van der Waals surface area contributed by atoms with Crippen LogP contribution >= 0.6 is 11.6 Å². The smallest absolute Gasteiger partial charge is 0.282 e. The van der Waals surface area contributed by atoms with Gasteiger partial charge >= 0.3 is 0 Å². The highest BCUT2D eigenvalue weighted by Crippen LogP contribution is 2.35. The van der Waals surface area contributed by atoms with Crippen LogP contribution in [0.1, 0.15) is 11.1 Å². The highest BCUT2D eigenvalue weighted by molar-refractivity contribution is 6.46. The number of aryl methyl sites for hydroxylation is 1. The van der Waals surface area contributed by atoms with Gasteiger partial charge in [-0.3, -0.25) is 9.59 Å². The van der Waals surface area contributed by atoms with Crippen LogP contribution in [0.5, 0.6) is 5.75 Å². The third kappa shape index (κ3) is 3.55. The minimum absolute atomic E-state index is 0.231. The number of nitrogens with one attached hydrogen (secondary N) is 1. The molecule has 30 heavy (non-hydrogen) atoms. The van der Waals surface area contributed by atoms with E-state index in [1.165, 1.54) is 0 Å². The number of hydrogen-bond acceptors (Lipinski definition) is 4. The summed E-state index contributed by atoms with van der Waals surface area (Å²) in [7, 11) is 1.58. The molecule has 1 heterocycles. The maximum absolute atomic E-state index is 13.4. The van der Waals surface area contributed by atoms with Gasteiger partial charge in [0.15, 0.2) is 0 Å². The first-order valence-corrected chi connectivity index (χ1v) is 9.73. The molecule has 0 spiro atoms. The van der Waals surface area contributed by atoms with Crippen molar-refractivity contribution in [2.45, 2.75) is 6.92 Å². The van der Waals surface area contributed by atoms with Crippen molar-refractivity contribution in [1.29, 1.82) is 0 Å². The van der Waals surface area contributed by atoms with Gasteiger partial charge in [0.25, 0.3) is 11.8 Å². The van der Waals surface area contributed by atoms with Crippen LogP contribution in [0, 0.1) is 6.92 Å². The summed E-state index contributed by atoms with van der Waals surface area (Å²) in [6, 6.07) is 21.3. The van der Waals surface area contributed by atoms with E-state index in [-0.39, 0.29) is 5.70 Å². The summed E-state index contributed by atoms with van der Waals surface area (Å²) < 4.78 is 5.21. The molecule has 5 nitrogen and oxygen atoms in total. The predicted molar refractivity (Wildman–Crippen MR) is 119 cm³/mol. The normalized spacial score (nSPS) is 13.8. The predicted octanol–water partition coefficient (Wildman–Crippen LogP) is 5.05. The van der Waals surface area contributed by atoms with Gasteiger partial charge in [0.2, 0.25) is 0 Å². The van der Waals surface area contributed by atoms with Gasteiger partial charge in [0.05, 0.1) is 18.4 Å². The number of para-hydroxylation sites is 1. The molecule has 0 aromatic heterocycles. The molecule has 1 N–H and O–H groups in total. The van der Waals surface area contributed by atoms with Crippen LogP contribution in [0.4, 0.5) is 11.4 Å². The molecule has 1 aliphatic heterocycles. The molecule has 0 fully saturated rings. The lowest BCUT2D eigenvalue weighted by molar-refractivity contribution is -0.120. The van der Waals surface area contributed by atoms with E-state index < -0.39 is 11.8 Å². The van der Waals surface area contributed by atoms with Crippen LogP contribution < -0.4 is 15.0 Å². The largest absolute Gasteiger partial charge is 0.497 e. The molecule has 0 unspecified atom stereocenters. The van der Waals surface area contributed by atoms with Crippen LogP contribution in [-0.4, -0.2) is 18.9 Å². The van der Waals surface area contributed by atoms with E-state index >= 15 is 0 Å². The van der Waals surface area contributed by atoms with Gasteiger partial charge in [-0.1, -0.05) is 41.9 Å². The second kappa shape index (κ2) is 8.05. The summed E-state index contributed by atoms with van der Waals surface area (Å²) in [6.07, 6.45) is 0. The minimum Gasteiger partial charge on any atom is -0.497 e. The summed E-state index contributed by atoms with van der Waals surface area (Å²) in [6.45, 7) is 1.94. The van der Waals surface area contributed by atoms with Crippen molar-refractivity contribution in [2.75, 3.05) is 17.3 Å². The first-order chi connectivity index (χ1) is 14.5. The molecule has 3 aromatic rings. The molecule has 6 heteroatoms. The Morgan fingerprint density at radius 2 is 1.53 bits per heavy atom. The number of amides is 2. The molecule has 0 saturated heterocycles.